The summed E-state index contributed by atoms with van der Waals surface area (Å²) in [6.07, 6.45) is 0.922. The third kappa shape index (κ3) is 5.81. The fraction of sp³-hybridized carbons (Fsp3) is 0.190. The van der Waals surface area contributed by atoms with Crippen molar-refractivity contribution in [3.63, 3.8) is 0 Å². The number of aryl methyl sites for hydroxylation is 1. The van der Waals surface area contributed by atoms with Crippen molar-refractivity contribution in [3.05, 3.63) is 72.1 Å². The van der Waals surface area contributed by atoms with Gasteiger partial charge in [0.05, 0.1) is 0 Å². The molecule has 2 aromatic carbocycles. The monoisotopic (exact) mass is 361 g/mol. The number of carbonyl (C=O) groups excluding carboxylic acids is 1. The van der Waals surface area contributed by atoms with Gasteiger partial charge in [-0.25, -0.2) is 9.97 Å². The third-order valence-electron chi connectivity index (χ3n) is 3.86. The standard InChI is InChI=1S/C21H23N5O/c1-15-23-20(22-12-11-17-7-4-3-5-8-17)14-21(24-15)26-19-10-6-9-18(13-19)25-16(2)27/h3-10,13-14H,11-12H2,1-2H3,(H,25,27)(H2,22,23,24,26). The average molecular weight is 361 g/mol. The Labute approximate surface area is 159 Å². The molecule has 0 spiro atoms. The molecule has 3 rings (SSSR count). The van der Waals surface area contributed by atoms with Gasteiger partial charge in [-0.1, -0.05) is 36.4 Å². The molecule has 6 nitrogen and oxygen atoms in total. The Hall–Kier alpha value is -3.41. The first kappa shape index (κ1) is 18.4. The van der Waals surface area contributed by atoms with Gasteiger partial charge in [-0.05, 0) is 37.1 Å². The van der Waals surface area contributed by atoms with Crippen LogP contribution in [0.1, 0.15) is 18.3 Å². The number of anilines is 4. The van der Waals surface area contributed by atoms with E-state index in [0.29, 0.717) is 11.6 Å². The van der Waals surface area contributed by atoms with Crippen molar-refractivity contribution < 1.29 is 4.79 Å². The summed E-state index contributed by atoms with van der Waals surface area (Å²) < 4.78 is 0. The summed E-state index contributed by atoms with van der Waals surface area (Å²) in [5.41, 5.74) is 2.86. The van der Waals surface area contributed by atoms with E-state index in [1.807, 2.05) is 55.5 Å². The molecule has 0 saturated heterocycles. The zero-order chi connectivity index (χ0) is 19.1. The minimum Gasteiger partial charge on any atom is -0.370 e. The summed E-state index contributed by atoms with van der Waals surface area (Å²) in [5, 5.41) is 9.39. The Morgan fingerprint density at radius 1 is 0.926 bits per heavy atom. The topological polar surface area (TPSA) is 78.9 Å². The first-order valence-electron chi connectivity index (χ1n) is 8.87. The van der Waals surface area contributed by atoms with Crippen LogP contribution in [-0.4, -0.2) is 22.4 Å². The molecule has 6 heteroatoms. The summed E-state index contributed by atoms with van der Waals surface area (Å²) in [7, 11) is 0. The van der Waals surface area contributed by atoms with Crippen LogP contribution in [0.25, 0.3) is 0 Å². The second kappa shape index (κ2) is 8.80. The number of carbonyl (C=O) groups is 1. The van der Waals surface area contributed by atoms with Gasteiger partial charge in [-0.15, -0.1) is 0 Å². The molecule has 0 unspecified atom stereocenters. The van der Waals surface area contributed by atoms with Crippen molar-refractivity contribution in [1.82, 2.24) is 9.97 Å². The number of rotatable bonds is 7. The van der Waals surface area contributed by atoms with Crippen LogP contribution in [0.2, 0.25) is 0 Å². The second-order valence-electron chi connectivity index (χ2n) is 6.24. The van der Waals surface area contributed by atoms with Crippen LogP contribution in [0.3, 0.4) is 0 Å². The summed E-state index contributed by atoms with van der Waals surface area (Å²) in [6, 6.07) is 19.7. The molecule has 0 aliphatic carbocycles. The van der Waals surface area contributed by atoms with Crippen molar-refractivity contribution in [2.24, 2.45) is 0 Å². The van der Waals surface area contributed by atoms with Gasteiger partial charge >= 0.3 is 0 Å². The number of amides is 1. The lowest BCUT2D eigenvalue weighted by Gasteiger charge is -2.11. The van der Waals surface area contributed by atoms with Crippen molar-refractivity contribution in [1.29, 1.82) is 0 Å². The highest BCUT2D eigenvalue weighted by molar-refractivity contribution is 5.89. The van der Waals surface area contributed by atoms with Crippen LogP contribution in [-0.2, 0) is 11.2 Å². The minimum atomic E-state index is -0.102. The van der Waals surface area contributed by atoms with E-state index in [1.54, 1.807) is 0 Å². The maximum absolute atomic E-state index is 11.2. The maximum Gasteiger partial charge on any atom is 0.221 e. The lowest BCUT2D eigenvalue weighted by Crippen LogP contribution is -2.08. The highest BCUT2D eigenvalue weighted by atomic mass is 16.1. The minimum absolute atomic E-state index is 0.102. The predicted octanol–water partition coefficient (Wildman–Crippen LogP) is 4.14. The highest BCUT2D eigenvalue weighted by Gasteiger charge is 2.04. The van der Waals surface area contributed by atoms with Gasteiger partial charge in [-0.3, -0.25) is 4.79 Å². The molecule has 1 amide bonds. The van der Waals surface area contributed by atoms with Crippen LogP contribution in [0.15, 0.2) is 60.7 Å². The van der Waals surface area contributed by atoms with Gasteiger partial charge in [0.1, 0.15) is 17.5 Å². The van der Waals surface area contributed by atoms with Gasteiger partial charge in [-0.2, -0.15) is 0 Å². The van der Waals surface area contributed by atoms with Gasteiger partial charge in [0.25, 0.3) is 0 Å². The van der Waals surface area contributed by atoms with Crippen LogP contribution in [0, 0.1) is 6.92 Å². The maximum atomic E-state index is 11.2. The third-order valence-corrected chi connectivity index (χ3v) is 3.86. The molecule has 0 aliphatic heterocycles. The van der Waals surface area contributed by atoms with Crippen LogP contribution in [0.4, 0.5) is 23.0 Å². The fourth-order valence-corrected chi connectivity index (χ4v) is 2.73. The van der Waals surface area contributed by atoms with Crippen LogP contribution in [0.5, 0.6) is 0 Å². The second-order valence-corrected chi connectivity index (χ2v) is 6.24. The number of hydrogen-bond donors (Lipinski definition) is 3. The quantitative estimate of drug-likeness (QED) is 0.589. The zero-order valence-electron chi connectivity index (χ0n) is 15.5. The molecule has 27 heavy (non-hydrogen) atoms. The van der Waals surface area contributed by atoms with Gasteiger partial charge in [0.2, 0.25) is 5.91 Å². The van der Waals surface area contributed by atoms with E-state index in [9.17, 15) is 4.79 Å². The molecular weight excluding hydrogens is 338 g/mol. The summed E-state index contributed by atoms with van der Waals surface area (Å²) >= 11 is 0. The smallest absolute Gasteiger partial charge is 0.221 e. The Balaban J connectivity index is 1.65. The van der Waals surface area contributed by atoms with Crippen molar-refractivity contribution in [2.75, 3.05) is 22.5 Å². The van der Waals surface area contributed by atoms with Gasteiger partial charge in [0.15, 0.2) is 0 Å². The molecule has 1 heterocycles. The Kier molecular flexibility index (Phi) is 5.99. The lowest BCUT2D eigenvalue weighted by molar-refractivity contribution is -0.114. The summed E-state index contributed by atoms with van der Waals surface area (Å²) in [5.74, 6) is 2.05. The van der Waals surface area contributed by atoms with E-state index >= 15 is 0 Å². The molecule has 0 bridgehead atoms. The van der Waals surface area contributed by atoms with Gasteiger partial charge in [0, 0.05) is 30.9 Å². The SMILES string of the molecule is CC(=O)Nc1cccc(Nc2cc(NCCc3ccccc3)nc(C)n2)c1. The first-order valence-corrected chi connectivity index (χ1v) is 8.87. The van der Waals surface area contributed by atoms with E-state index in [-0.39, 0.29) is 5.91 Å². The number of nitrogens with one attached hydrogen (secondary N) is 3. The molecule has 0 aliphatic rings. The number of benzene rings is 2. The molecule has 3 N–H and O–H groups in total. The Bertz CT molecular complexity index is 911. The van der Waals surface area contributed by atoms with Crippen molar-refractivity contribution in [2.45, 2.75) is 20.3 Å². The van der Waals surface area contributed by atoms with Crippen molar-refractivity contribution >= 4 is 28.9 Å². The van der Waals surface area contributed by atoms with E-state index in [2.05, 4.69) is 38.1 Å². The Morgan fingerprint density at radius 3 is 2.44 bits per heavy atom. The number of nitrogens with zero attached hydrogens (tertiary/aromatic N) is 2. The van der Waals surface area contributed by atoms with E-state index in [0.717, 1.165) is 30.2 Å². The largest absolute Gasteiger partial charge is 0.370 e. The summed E-state index contributed by atoms with van der Waals surface area (Å²) in [4.78, 5) is 20.1. The normalized spacial score (nSPS) is 10.3. The molecule has 3 aromatic rings. The Morgan fingerprint density at radius 2 is 1.67 bits per heavy atom. The lowest BCUT2D eigenvalue weighted by atomic mass is 10.1. The van der Waals surface area contributed by atoms with Crippen molar-refractivity contribution in [3.8, 4) is 0 Å². The molecule has 0 fully saturated rings. The summed E-state index contributed by atoms with van der Waals surface area (Å²) in [6.45, 7) is 4.14. The number of hydrogen-bond acceptors (Lipinski definition) is 5. The highest BCUT2D eigenvalue weighted by Crippen LogP contribution is 2.20. The van der Waals surface area contributed by atoms with E-state index in [1.165, 1.54) is 12.5 Å². The van der Waals surface area contributed by atoms with Crippen LogP contribution < -0.4 is 16.0 Å². The number of aromatic nitrogens is 2. The molecule has 0 saturated carbocycles. The fourth-order valence-electron chi connectivity index (χ4n) is 2.73. The van der Waals surface area contributed by atoms with E-state index in [4.69, 9.17) is 0 Å². The van der Waals surface area contributed by atoms with E-state index < -0.39 is 0 Å². The zero-order valence-corrected chi connectivity index (χ0v) is 15.5. The molecule has 0 radical (unpaired) electrons. The molecule has 1 aromatic heterocycles. The molecular formula is C21H23N5O. The van der Waals surface area contributed by atoms with Gasteiger partial charge < -0.3 is 16.0 Å². The van der Waals surface area contributed by atoms with Crippen LogP contribution >= 0.6 is 0 Å². The first-order chi connectivity index (χ1) is 13.1. The molecule has 0 atom stereocenters. The average Bonchev–Trinajstić information content (AvgIpc) is 2.62. The molecule has 138 valence electrons. The predicted molar refractivity (Wildman–Crippen MR) is 109 cm³/mol.